The van der Waals surface area contributed by atoms with E-state index in [9.17, 15) is 4.79 Å². The number of fused-ring (bicyclic) bond motifs is 1. The Hall–Kier alpha value is -2.02. The van der Waals surface area contributed by atoms with Crippen LogP contribution in [0.2, 0.25) is 5.02 Å². The number of aromatic nitrogens is 2. The zero-order chi connectivity index (χ0) is 20.1. The summed E-state index contributed by atoms with van der Waals surface area (Å²) in [5.41, 5.74) is 2.89. The van der Waals surface area contributed by atoms with Crippen LogP contribution in [0.5, 0.6) is 0 Å². The van der Waals surface area contributed by atoms with Crippen LogP contribution in [0.4, 0.5) is 0 Å². The molecule has 1 amide bonds. The van der Waals surface area contributed by atoms with Gasteiger partial charge in [0.1, 0.15) is 10.7 Å². The van der Waals surface area contributed by atoms with Gasteiger partial charge in [-0.2, -0.15) is 0 Å². The van der Waals surface area contributed by atoms with Gasteiger partial charge in [0.15, 0.2) is 0 Å². The lowest BCUT2D eigenvalue weighted by atomic mass is 10.0. The van der Waals surface area contributed by atoms with Crippen molar-refractivity contribution >= 4 is 39.1 Å². The number of rotatable bonds is 4. The molecule has 150 valence electrons. The number of carbonyl (C=O) groups is 1. The summed E-state index contributed by atoms with van der Waals surface area (Å²) >= 11 is 8.30. The first-order chi connectivity index (χ1) is 14.0. The van der Waals surface area contributed by atoms with Crippen molar-refractivity contribution in [2.45, 2.75) is 37.6 Å². The second kappa shape index (κ2) is 7.35. The summed E-state index contributed by atoms with van der Waals surface area (Å²) in [5.74, 6) is 1.56. The van der Waals surface area contributed by atoms with Crippen molar-refractivity contribution in [1.29, 1.82) is 0 Å². The molecule has 0 bridgehead atoms. The van der Waals surface area contributed by atoms with Crippen LogP contribution in [0, 0.1) is 6.92 Å². The zero-order valence-corrected chi connectivity index (χ0v) is 18.1. The number of benzene rings is 1. The molecule has 7 heteroatoms. The minimum Gasteiger partial charge on any atom is -0.337 e. The van der Waals surface area contributed by atoms with Gasteiger partial charge in [-0.3, -0.25) is 4.79 Å². The zero-order valence-electron chi connectivity index (χ0n) is 16.5. The molecule has 1 aromatic carbocycles. The van der Waals surface area contributed by atoms with Crippen molar-refractivity contribution in [3.8, 4) is 0 Å². The lowest BCUT2D eigenvalue weighted by Gasteiger charge is -2.24. The summed E-state index contributed by atoms with van der Waals surface area (Å²) < 4.78 is 0. The molecular weight excluding hydrogens is 404 g/mol. The summed E-state index contributed by atoms with van der Waals surface area (Å²) in [5, 5.41) is 7.21. The predicted octanol–water partition coefficient (Wildman–Crippen LogP) is 4.36. The summed E-state index contributed by atoms with van der Waals surface area (Å²) in [7, 11) is 1.88. The van der Waals surface area contributed by atoms with Gasteiger partial charge in [-0.1, -0.05) is 17.7 Å². The molecule has 0 radical (unpaired) electrons. The van der Waals surface area contributed by atoms with Gasteiger partial charge in [-0.25, -0.2) is 9.97 Å². The summed E-state index contributed by atoms with van der Waals surface area (Å²) in [6.45, 7) is 3.77. The van der Waals surface area contributed by atoms with Crippen molar-refractivity contribution in [2.24, 2.45) is 0 Å². The van der Waals surface area contributed by atoms with E-state index in [0.29, 0.717) is 22.4 Å². The van der Waals surface area contributed by atoms with Crippen molar-refractivity contribution in [3.05, 3.63) is 57.3 Å². The average molecular weight is 427 g/mol. The molecule has 3 atom stereocenters. The molecule has 1 saturated carbocycles. The Morgan fingerprint density at radius 2 is 2.14 bits per heavy atom. The van der Waals surface area contributed by atoms with Crippen LogP contribution >= 0.6 is 22.9 Å². The number of amides is 1. The summed E-state index contributed by atoms with van der Waals surface area (Å²) in [4.78, 5) is 25.0. The number of hydrogen-bond acceptors (Lipinski definition) is 5. The Kier molecular flexibility index (Phi) is 4.81. The Morgan fingerprint density at radius 1 is 1.28 bits per heavy atom. The predicted molar refractivity (Wildman–Crippen MR) is 117 cm³/mol. The van der Waals surface area contributed by atoms with Gasteiger partial charge >= 0.3 is 0 Å². The molecule has 3 aromatic rings. The van der Waals surface area contributed by atoms with Crippen LogP contribution in [0.3, 0.4) is 0 Å². The van der Waals surface area contributed by atoms with E-state index in [1.165, 1.54) is 0 Å². The van der Waals surface area contributed by atoms with Crippen molar-refractivity contribution in [2.75, 3.05) is 20.1 Å². The highest BCUT2D eigenvalue weighted by molar-refractivity contribution is 7.16. The minimum atomic E-state index is 0.0332. The molecule has 2 fully saturated rings. The highest BCUT2D eigenvalue weighted by Crippen LogP contribution is 2.57. The number of halogens is 1. The standard InChI is InChI=1S/C22H23ClN4OS/c1-12-25-20(16-6-8-29-21(16)26-12)18-10-17(18)15-4-3-13(9-19(15)23)22(28)27(2)14-5-7-24-11-14/h3-4,6,8-9,14,17-18,24H,5,7,10-11H2,1-2H3/t14-,17+,18-/m1/s1. The molecule has 1 aliphatic heterocycles. The molecule has 2 aromatic heterocycles. The number of nitrogens with zero attached hydrogens (tertiary/aromatic N) is 3. The largest absolute Gasteiger partial charge is 0.337 e. The van der Waals surface area contributed by atoms with E-state index in [2.05, 4.69) is 21.7 Å². The first-order valence-electron chi connectivity index (χ1n) is 10.0. The highest BCUT2D eigenvalue weighted by Gasteiger charge is 2.43. The first kappa shape index (κ1) is 19.0. The quantitative estimate of drug-likeness (QED) is 0.673. The Bertz CT molecular complexity index is 1090. The molecule has 29 heavy (non-hydrogen) atoms. The van der Waals surface area contributed by atoms with Gasteiger partial charge in [0.05, 0.1) is 5.69 Å². The van der Waals surface area contributed by atoms with E-state index in [4.69, 9.17) is 16.6 Å². The number of thiophene rings is 1. The number of hydrogen-bond donors (Lipinski definition) is 1. The Labute approximate surface area is 179 Å². The Balaban J connectivity index is 1.37. The van der Waals surface area contributed by atoms with Gasteiger partial charge in [0.25, 0.3) is 5.91 Å². The second-order valence-electron chi connectivity index (χ2n) is 8.04. The third-order valence-corrected chi connectivity index (χ3v) is 7.29. The topological polar surface area (TPSA) is 58.1 Å². The lowest BCUT2D eigenvalue weighted by Crippen LogP contribution is -2.38. The number of carbonyl (C=O) groups excluding carboxylic acids is 1. The number of nitrogens with one attached hydrogen (secondary N) is 1. The SMILES string of the molecule is Cc1nc([C@@H]2C[C@H]2c2ccc(C(=O)N(C)[C@@H]3CCNC3)cc2Cl)c2ccsc2n1. The fraction of sp³-hybridized carbons (Fsp3) is 0.409. The third-order valence-electron chi connectivity index (χ3n) is 6.16. The fourth-order valence-electron chi connectivity index (χ4n) is 4.41. The van der Waals surface area contributed by atoms with Crippen LogP contribution in [0.1, 0.15) is 52.1 Å². The van der Waals surface area contributed by atoms with E-state index in [0.717, 1.165) is 53.2 Å². The number of aryl methyl sites for hydroxylation is 1. The number of likely N-dealkylation sites (N-methyl/N-ethyl adjacent to an activating group) is 1. The van der Waals surface area contributed by atoms with E-state index in [1.54, 1.807) is 11.3 Å². The van der Waals surface area contributed by atoms with Crippen LogP contribution in [0.15, 0.2) is 29.6 Å². The average Bonchev–Trinajstić information content (AvgIpc) is 3.08. The van der Waals surface area contributed by atoms with Crippen molar-refractivity contribution in [1.82, 2.24) is 20.2 Å². The minimum absolute atomic E-state index is 0.0332. The fourth-order valence-corrected chi connectivity index (χ4v) is 5.55. The first-order valence-corrected chi connectivity index (χ1v) is 11.3. The lowest BCUT2D eigenvalue weighted by molar-refractivity contribution is 0.0744. The van der Waals surface area contributed by atoms with Gasteiger partial charge in [-0.05, 0) is 61.4 Å². The van der Waals surface area contributed by atoms with E-state index < -0.39 is 0 Å². The molecular formula is C22H23ClN4OS. The molecule has 1 aliphatic carbocycles. The maximum absolute atomic E-state index is 12.8. The second-order valence-corrected chi connectivity index (χ2v) is 9.34. The normalized spacial score (nSPS) is 23.5. The maximum atomic E-state index is 12.8. The third kappa shape index (κ3) is 3.43. The molecule has 1 N–H and O–H groups in total. The molecule has 5 rings (SSSR count). The smallest absolute Gasteiger partial charge is 0.253 e. The van der Waals surface area contributed by atoms with Gasteiger partial charge in [0.2, 0.25) is 0 Å². The molecule has 2 aliphatic rings. The monoisotopic (exact) mass is 426 g/mol. The van der Waals surface area contributed by atoms with Gasteiger partial charge < -0.3 is 10.2 Å². The summed E-state index contributed by atoms with van der Waals surface area (Å²) in [6, 6.07) is 8.14. The van der Waals surface area contributed by atoms with Crippen molar-refractivity contribution in [3.63, 3.8) is 0 Å². The molecule has 5 nitrogen and oxygen atoms in total. The van der Waals surface area contributed by atoms with E-state index in [-0.39, 0.29) is 11.9 Å². The van der Waals surface area contributed by atoms with E-state index in [1.807, 2.05) is 37.1 Å². The van der Waals surface area contributed by atoms with Gasteiger partial charge in [0, 0.05) is 41.5 Å². The molecule has 3 heterocycles. The van der Waals surface area contributed by atoms with Crippen LogP contribution in [0.25, 0.3) is 10.2 Å². The molecule has 0 unspecified atom stereocenters. The van der Waals surface area contributed by atoms with E-state index >= 15 is 0 Å². The summed E-state index contributed by atoms with van der Waals surface area (Å²) in [6.07, 6.45) is 2.02. The molecule has 1 saturated heterocycles. The molecule has 0 spiro atoms. The van der Waals surface area contributed by atoms with Crippen LogP contribution < -0.4 is 5.32 Å². The maximum Gasteiger partial charge on any atom is 0.253 e. The van der Waals surface area contributed by atoms with Gasteiger partial charge in [-0.15, -0.1) is 11.3 Å². The van der Waals surface area contributed by atoms with Crippen LogP contribution in [-0.4, -0.2) is 47.0 Å². The van der Waals surface area contributed by atoms with Crippen molar-refractivity contribution < 1.29 is 4.79 Å². The van der Waals surface area contributed by atoms with Crippen LogP contribution in [-0.2, 0) is 0 Å². The Morgan fingerprint density at radius 3 is 2.90 bits per heavy atom. The highest BCUT2D eigenvalue weighted by atomic mass is 35.5.